The molecule has 1 heterocycles. The number of hydrogen-bond donors (Lipinski definition) is 0. The average molecular weight is 485 g/mol. The molecule has 0 aromatic heterocycles. The second kappa shape index (κ2) is 7.58. The highest BCUT2D eigenvalue weighted by molar-refractivity contribution is 8.33. The van der Waals surface area contributed by atoms with E-state index >= 15 is 0 Å². The van der Waals surface area contributed by atoms with Crippen molar-refractivity contribution < 1.29 is 25.2 Å². The van der Waals surface area contributed by atoms with Crippen LogP contribution in [0.15, 0.2) is 85.1 Å². The summed E-state index contributed by atoms with van der Waals surface area (Å²) in [7, 11) is -9.15. The predicted octanol–water partition coefficient (Wildman–Crippen LogP) is 7.14. The van der Waals surface area contributed by atoms with Gasteiger partial charge in [-0.05, 0) is 66.5 Å². The van der Waals surface area contributed by atoms with Crippen LogP contribution in [0.1, 0.15) is 16.7 Å². The fourth-order valence-electron chi connectivity index (χ4n) is 3.90. The molecule has 3 aromatic carbocycles. The molecule has 0 bridgehead atoms. The Labute approximate surface area is 185 Å². The molecule has 9 heteroatoms. The number of alkyl halides is 3. The number of rotatable bonds is 3. The number of aryl methyl sites for hydroxylation is 3. The summed E-state index contributed by atoms with van der Waals surface area (Å²) in [6.07, 6.45) is 0. The smallest absolute Gasteiger partial charge is 0.200 e. The Morgan fingerprint density at radius 2 is 1.29 bits per heavy atom. The predicted molar refractivity (Wildman–Crippen MR) is 116 cm³/mol. The lowest BCUT2D eigenvalue weighted by Crippen LogP contribution is -2.28. The van der Waals surface area contributed by atoms with E-state index in [1.165, 1.54) is 11.8 Å². The van der Waals surface area contributed by atoms with Crippen molar-refractivity contribution in [2.75, 3.05) is 0 Å². The number of benzene rings is 3. The molecule has 3 aromatic rings. The first kappa shape index (κ1) is 22.3. The van der Waals surface area contributed by atoms with Crippen LogP contribution < -0.4 is 0 Å². The molecule has 1 aliphatic rings. The topological polar surface area (TPSA) is 43.4 Å². The number of fused-ring (bicyclic) bond motifs is 2. The van der Waals surface area contributed by atoms with Crippen molar-refractivity contribution >= 4 is 32.2 Å². The van der Waals surface area contributed by atoms with Crippen molar-refractivity contribution in [1.82, 2.24) is 0 Å². The SMILES string of the molecule is Cc1cc(C)c(S2(OS(=O)(=O)C(F)(F)F)c3ccccc3Sc3ccccc32)c(C)c1. The van der Waals surface area contributed by atoms with Gasteiger partial charge in [0.25, 0.3) is 0 Å². The van der Waals surface area contributed by atoms with E-state index in [1.807, 2.05) is 19.1 Å². The van der Waals surface area contributed by atoms with Gasteiger partial charge >= 0.3 is 15.6 Å². The van der Waals surface area contributed by atoms with Crippen molar-refractivity contribution in [1.29, 1.82) is 0 Å². The van der Waals surface area contributed by atoms with Crippen LogP contribution in [0.5, 0.6) is 0 Å². The van der Waals surface area contributed by atoms with Crippen LogP contribution in [-0.4, -0.2) is 13.9 Å². The zero-order chi connectivity index (χ0) is 22.6. The van der Waals surface area contributed by atoms with Gasteiger partial charge in [-0.15, -0.1) is 0 Å². The maximum atomic E-state index is 13.6. The van der Waals surface area contributed by atoms with Gasteiger partial charge in [-0.2, -0.15) is 25.2 Å². The molecule has 0 fully saturated rings. The number of hydrogen-bond acceptors (Lipinski definition) is 4. The van der Waals surface area contributed by atoms with Gasteiger partial charge < -0.3 is 0 Å². The first-order valence-electron chi connectivity index (χ1n) is 9.27. The third kappa shape index (κ3) is 3.57. The number of halogens is 3. The van der Waals surface area contributed by atoms with E-state index in [9.17, 15) is 21.6 Å². The van der Waals surface area contributed by atoms with Gasteiger partial charge in [-0.3, -0.25) is 0 Å². The monoisotopic (exact) mass is 484 g/mol. The zero-order valence-corrected chi connectivity index (χ0v) is 19.3. The summed E-state index contributed by atoms with van der Waals surface area (Å²) in [5.41, 5.74) is -3.25. The Kier molecular flexibility index (Phi) is 5.44. The maximum absolute atomic E-state index is 13.6. The first-order chi connectivity index (χ1) is 14.5. The molecule has 0 saturated carbocycles. The third-order valence-electron chi connectivity index (χ3n) is 4.90. The van der Waals surface area contributed by atoms with Crippen molar-refractivity contribution in [2.24, 2.45) is 0 Å². The van der Waals surface area contributed by atoms with Gasteiger partial charge in [0.1, 0.15) is 0 Å². The molecule has 0 aliphatic carbocycles. The Balaban J connectivity index is 2.19. The molecule has 4 rings (SSSR count). The minimum atomic E-state index is -5.91. The van der Waals surface area contributed by atoms with Gasteiger partial charge in [-0.25, -0.2) is 0 Å². The van der Waals surface area contributed by atoms with Crippen LogP contribution in [0.2, 0.25) is 0 Å². The van der Waals surface area contributed by atoms with Crippen molar-refractivity contribution in [2.45, 2.75) is 50.8 Å². The van der Waals surface area contributed by atoms with Crippen molar-refractivity contribution in [3.05, 3.63) is 77.4 Å². The first-order valence-corrected chi connectivity index (χ1v) is 13.1. The summed E-state index contributed by atoms with van der Waals surface area (Å²) in [6.45, 7) is 5.44. The molecule has 3 nitrogen and oxygen atoms in total. The molecular weight excluding hydrogens is 465 g/mol. The summed E-state index contributed by atoms with van der Waals surface area (Å²) >= 11 is 1.39. The summed E-state index contributed by atoms with van der Waals surface area (Å²) in [5.74, 6) is 0. The second-order valence-electron chi connectivity index (χ2n) is 7.25. The van der Waals surface area contributed by atoms with Crippen LogP contribution in [0, 0.1) is 20.8 Å². The van der Waals surface area contributed by atoms with Crippen LogP contribution in [0.3, 0.4) is 0 Å². The quantitative estimate of drug-likeness (QED) is 0.371. The Bertz CT molecular complexity index is 1220. The summed E-state index contributed by atoms with van der Waals surface area (Å²) < 4.78 is 71.1. The highest BCUT2D eigenvalue weighted by Gasteiger charge is 2.54. The van der Waals surface area contributed by atoms with Crippen LogP contribution in [-0.2, 0) is 13.7 Å². The van der Waals surface area contributed by atoms with E-state index < -0.39 is 25.9 Å². The van der Waals surface area contributed by atoms with Gasteiger partial charge in [0.05, 0.1) is 0 Å². The molecule has 31 heavy (non-hydrogen) atoms. The Hall–Kier alpha value is -1.94. The van der Waals surface area contributed by atoms with E-state index in [-0.39, 0.29) is 0 Å². The third-order valence-corrected chi connectivity index (χ3v) is 11.6. The molecule has 0 radical (unpaired) electrons. The van der Waals surface area contributed by atoms with Gasteiger partial charge in [-0.1, -0.05) is 53.7 Å². The second-order valence-corrected chi connectivity index (χ2v) is 12.6. The highest BCUT2D eigenvalue weighted by atomic mass is 32.3. The van der Waals surface area contributed by atoms with Gasteiger partial charge in [0.15, 0.2) is 0 Å². The summed E-state index contributed by atoms with van der Waals surface area (Å²) in [5, 5.41) is 0. The maximum Gasteiger partial charge on any atom is 0.524 e. The highest BCUT2D eigenvalue weighted by Crippen LogP contribution is 2.77. The molecule has 0 amide bonds. The fraction of sp³-hybridized carbons (Fsp3) is 0.182. The molecule has 0 N–H and O–H groups in total. The standard InChI is InChI=1S/C22H19F3O3S3/c1-14-12-15(2)21(16(3)13-14)30(28-31(26,27)22(23,24)25)19-10-6-4-8-17(19)29-18-9-5-7-11-20(18)30/h4-13H,1-3H3. The lowest BCUT2D eigenvalue weighted by atomic mass is 10.1. The van der Waals surface area contributed by atoms with Crippen LogP contribution >= 0.6 is 22.1 Å². The van der Waals surface area contributed by atoms with E-state index in [4.69, 9.17) is 3.63 Å². The molecule has 0 saturated heterocycles. The molecule has 0 unspecified atom stereocenters. The lowest BCUT2D eigenvalue weighted by molar-refractivity contribution is -0.0496. The molecule has 1 aliphatic heterocycles. The van der Waals surface area contributed by atoms with Gasteiger partial charge in [0.2, 0.25) is 0 Å². The Morgan fingerprint density at radius 3 is 1.74 bits per heavy atom. The summed E-state index contributed by atoms with van der Waals surface area (Å²) in [4.78, 5) is 2.72. The van der Waals surface area contributed by atoms with Gasteiger partial charge in [0, 0.05) is 24.5 Å². The van der Waals surface area contributed by atoms with Crippen molar-refractivity contribution in [3.8, 4) is 0 Å². The lowest BCUT2D eigenvalue weighted by Gasteiger charge is -2.45. The summed E-state index contributed by atoms with van der Waals surface area (Å²) in [6, 6.07) is 17.5. The molecule has 0 spiro atoms. The zero-order valence-electron chi connectivity index (χ0n) is 16.9. The van der Waals surface area contributed by atoms with E-state index in [0.717, 1.165) is 5.56 Å². The molecular formula is C22H19F3O3S3. The van der Waals surface area contributed by atoms with E-state index in [1.54, 1.807) is 62.4 Å². The minimum absolute atomic E-state index is 0.446. The van der Waals surface area contributed by atoms with E-state index in [0.29, 0.717) is 35.6 Å². The fourth-order valence-corrected chi connectivity index (χ4v) is 10.9. The largest absolute Gasteiger partial charge is 0.524 e. The van der Waals surface area contributed by atoms with Crippen molar-refractivity contribution in [3.63, 3.8) is 0 Å². The van der Waals surface area contributed by atoms with Crippen LogP contribution in [0.4, 0.5) is 13.2 Å². The van der Waals surface area contributed by atoms with E-state index in [2.05, 4.69) is 0 Å². The normalized spacial score (nSPS) is 16.3. The van der Waals surface area contributed by atoms with Crippen LogP contribution in [0.25, 0.3) is 0 Å². The Morgan fingerprint density at radius 1 is 0.839 bits per heavy atom. The minimum Gasteiger partial charge on any atom is -0.200 e. The molecule has 164 valence electrons. The molecule has 0 atom stereocenters. The average Bonchev–Trinajstić information content (AvgIpc) is 2.66.